The first-order valence-corrected chi connectivity index (χ1v) is 11.0. The van der Waals surface area contributed by atoms with Gasteiger partial charge in [0, 0.05) is 31.0 Å². The van der Waals surface area contributed by atoms with Crippen molar-refractivity contribution in [3.8, 4) is 5.13 Å². The molecule has 3 aromatic rings. The van der Waals surface area contributed by atoms with Crippen LogP contribution in [0.1, 0.15) is 43.5 Å². The molecule has 4 rings (SSSR count). The van der Waals surface area contributed by atoms with E-state index in [9.17, 15) is 9.59 Å². The number of likely N-dealkylation sites (tertiary alicyclic amines) is 1. The lowest BCUT2D eigenvalue weighted by atomic mass is 10.0. The Hall–Kier alpha value is -2.67. The predicted molar refractivity (Wildman–Crippen MR) is 115 cm³/mol. The van der Waals surface area contributed by atoms with Crippen molar-refractivity contribution in [3.63, 3.8) is 0 Å². The van der Waals surface area contributed by atoms with Crippen LogP contribution in [-0.4, -0.2) is 45.4 Å². The summed E-state index contributed by atoms with van der Waals surface area (Å²) in [5.41, 5.74) is 1.42. The molecule has 0 radical (unpaired) electrons. The first kappa shape index (κ1) is 19.6. The lowest BCUT2D eigenvalue weighted by Gasteiger charge is -2.25. The van der Waals surface area contributed by atoms with Gasteiger partial charge >= 0.3 is 0 Å². The molecule has 1 saturated heterocycles. The summed E-state index contributed by atoms with van der Waals surface area (Å²) in [6.07, 6.45) is 6.62. The van der Waals surface area contributed by atoms with Crippen molar-refractivity contribution >= 4 is 33.4 Å². The lowest BCUT2D eigenvalue weighted by molar-refractivity contribution is -0.132. The summed E-state index contributed by atoms with van der Waals surface area (Å²) in [5, 5.41) is 3.85. The van der Waals surface area contributed by atoms with Gasteiger partial charge in [-0.05, 0) is 55.5 Å². The van der Waals surface area contributed by atoms with Crippen LogP contribution in [0.3, 0.4) is 0 Å². The molecular weight excluding hydrogens is 384 g/mol. The average molecular weight is 411 g/mol. The van der Waals surface area contributed by atoms with Crippen LogP contribution in [0.5, 0.6) is 0 Å². The number of nitrogens with one attached hydrogen (secondary N) is 1. The zero-order valence-corrected chi connectivity index (χ0v) is 17.6. The molecule has 2 aromatic heterocycles. The zero-order valence-electron chi connectivity index (χ0n) is 16.8. The maximum atomic E-state index is 12.9. The van der Waals surface area contributed by atoms with Gasteiger partial charge in [0.1, 0.15) is 6.04 Å². The number of hydrogen-bond donors (Lipinski definition) is 1. The van der Waals surface area contributed by atoms with Gasteiger partial charge in [0.25, 0.3) is 5.91 Å². The molecule has 1 N–H and O–H groups in total. The van der Waals surface area contributed by atoms with Crippen LogP contribution < -0.4 is 5.32 Å². The summed E-state index contributed by atoms with van der Waals surface area (Å²) < 4.78 is 2.91. The van der Waals surface area contributed by atoms with E-state index >= 15 is 0 Å². The number of thiazole rings is 1. The lowest BCUT2D eigenvalue weighted by Crippen LogP contribution is -2.48. The van der Waals surface area contributed by atoms with E-state index < -0.39 is 6.04 Å². The van der Waals surface area contributed by atoms with Gasteiger partial charge in [-0.3, -0.25) is 9.59 Å². The molecule has 1 aliphatic rings. The average Bonchev–Trinajstić information content (AvgIpc) is 3.46. The number of carbonyl (C=O) groups is 2. The maximum absolute atomic E-state index is 12.9. The van der Waals surface area contributed by atoms with Crippen molar-refractivity contribution in [3.05, 3.63) is 48.3 Å². The Kier molecular flexibility index (Phi) is 5.67. The number of nitrogens with zero attached hydrogens (tertiary/aromatic N) is 3. The van der Waals surface area contributed by atoms with E-state index in [0.717, 1.165) is 41.3 Å². The van der Waals surface area contributed by atoms with Gasteiger partial charge in [0.2, 0.25) is 5.91 Å². The molecule has 152 valence electrons. The Morgan fingerprint density at radius 2 is 1.90 bits per heavy atom. The fraction of sp³-hybridized carbons (Fsp3) is 0.409. The van der Waals surface area contributed by atoms with Crippen LogP contribution in [0.4, 0.5) is 0 Å². The van der Waals surface area contributed by atoms with Crippen molar-refractivity contribution in [2.24, 2.45) is 5.92 Å². The molecule has 0 aliphatic carbocycles. The third-order valence-electron chi connectivity index (χ3n) is 5.19. The number of hydrogen-bond acceptors (Lipinski definition) is 4. The monoisotopic (exact) mass is 410 g/mol. The second-order valence-electron chi connectivity index (χ2n) is 7.96. The predicted octanol–water partition coefficient (Wildman–Crippen LogP) is 3.85. The Morgan fingerprint density at radius 1 is 1.17 bits per heavy atom. The van der Waals surface area contributed by atoms with E-state index in [1.807, 2.05) is 46.1 Å². The molecule has 1 unspecified atom stereocenters. The van der Waals surface area contributed by atoms with Gasteiger partial charge < -0.3 is 14.8 Å². The molecular formula is C22H26N4O2S. The van der Waals surface area contributed by atoms with Crippen LogP contribution >= 0.6 is 11.3 Å². The molecule has 6 nitrogen and oxygen atoms in total. The fourth-order valence-corrected chi connectivity index (χ4v) is 4.69. The van der Waals surface area contributed by atoms with Crippen LogP contribution in [0, 0.1) is 5.92 Å². The summed E-state index contributed by atoms with van der Waals surface area (Å²) in [4.78, 5) is 32.3. The highest BCUT2D eigenvalue weighted by molar-refractivity contribution is 7.20. The zero-order chi connectivity index (χ0) is 20.4. The van der Waals surface area contributed by atoms with Crippen LogP contribution in [-0.2, 0) is 4.79 Å². The van der Waals surface area contributed by atoms with Crippen molar-refractivity contribution < 1.29 is 9.59 Å². The maximum Gasteiger partial charge on any atom is 0.251 e. The highest BCUT2D eigenvalue weighted by atomic mass is 32.1. The summed E-state index contributed by atoms with van der Waals surface area (Å²) in [6, 6.07) is 8.95. The number of aromatic nitrogens is 2. The molecule has 0 bridgehead atoms. The number of rotatable bonds is 6. The van der Waals surface area contributed by atoms with Gasteiger partial charge in [-0.15, -0.1) is 0 Å². The summed E-state index contributed by atoms with van der Waals surface area (Å²) in [6.45, 7) is 5.72. The molecule has 7 heteroatoms. The fourth-order valence-electron chi connectivity index (χ4n) is 3.72. The smallest absolute Gasteiger partial charge is 0.251 e. The second-order valence-corrected chi connectivity index (χ2v) is 8.97. The number of benzene rings is 1. The topological polar surface area (TPSA) is 67.2 Å². The molecule has 0 saturated carbocycles. The quantitative estimate of drug-likeness (QED) is 0.671. The van der Waals surface area contributed by atoms with Crippen LogP contribution in [0.25, 0.3) is 15.3 Å². The largest absolute Gasteiger partial charge is 0.341 e. The summed E-state index contributed by atoms with van der Waals surface area (Å²) in [5.74, 6) is 0.152. The van der Waals surface area contributed by atoms with E-state index in [4.69, 9.17) is 0 Å². The van der Waals surface area contributed by atoms with E-state index in [1.165, 1.54) is 11.3 Å². The van der Waals surface area contributed by atoms with Crippen molar-refractivity contribution in [1.29, 1.82) is 0 Å². The summed E-state index contributed by atoms with van der Waals surface area (Å²) >= 11 is 1.54. The van der Waals surface area contributed by atoms with Gasteiger partial charge in [-0.25, -0.2) is 4.98 Å². The first-order valence-electron chi connectivity index (χ1n) is 10.1. The molecule has 1 fully saturated rings. The molecule has 1 aromatic carbocycles. The van der Waals surface area contributed by atoms with Gasteiger partial charge in [0.15, 0.2) is 5.13 Å². The molecule has 29 heavy (non-hydrogen) atoms. The van der Waals surface area contributed by atoms with E-state index in [0.29, 0.717) is 17.9 Å². The van der Waals surface area contributed by atoms with E-state index in [2.05, 4.69) is 24.1 Å². The normalized spacial score (nSPS) is 15.2. The first-order chi connectivity index (χ1) is 14.0. The Bertz CT molecular complexity index is 1000. The highest BCUT2D eigenvalue weighted by Gasteiger charge is 2.28. The molecule has 1 aliphatic heterocycles. The molecule has 1 atom stereocenters. The minimum absolute atomic E-state index is 0.0401. The van der Waals surface area contributed by atoms with E-state index in [1.54, 1.807) is 6.07 Å². The number of fused-ring (bicyclic) bond motifs is 1. The Balaban J connectivity index is 1.53. The van der Waals surface area contributed by atoms with Crippen LogP contribution in [0.2, 0.25) is 0 Å². The Labute approximate surface area is 174 Å². The van der Waals surface area contributed by atoms with Crippen molar-refractivity contribution in [2.45, 2.75) is 39.2 Å². The SMILES string of the molecule is CC(C)CC(NC(=O)c1ccc2nc(-n3cccc3)sc2c1)C(=O)N1CCCC1. The van der Waals surface area contributed by atoms with Crippen molar-refractivity contribution in [1.82, 2.24) is 19.8 Å². The third-order valence-corrected chi connectivity index (χ3v) is 6.22. The second kappa shape index (κ2) is 8.37. The highest BCUT2D eigenvalue weighted by Crippen LogP contribution is 2.26. The van der Waals surface area contributed by atoms with Gasteiger partial charge in [-0.2, -0.15) is 0 Å². The molecule has 0 spiro atoms. The number of carbonyl (C=O) groups excluding carboxylic acids is 2. The molecule has 2 amide bonds. The van der Waals surface area contributed by atoms with Gasteiger partial charge in [0.05, 0.1) is 10.2 Å². The Morgan fingerprint density at radius 3 is 2.59 bits per heavy atom. The molecule has 3 heterocycles. The minimum atomic E-state index is -0.479. The third kappa shape index (κ3) is 4.34. The van der Waals surface area contributed by atoms with Crippen LogP contribution in [0.15, 0.2) is 42.7 Å². The number of amides is 2. The van der Waals surface area contributed by atoms with E-state index in [-0.39, 0.29) is 11.8 Å². The van der Waals surface area contributed by atoms with Crippen molar-refractivity contribution in [2.75, 3.05) is 13.1 Å². The standard InChI is InChI=1S/C22H26N4O2S/c1-15(2)13-18(21(28)25-9-3-4-10-25)23-20(27)16-7-8-17-19(14-16)29-22(24-17)26-11-5-6-12-26/h5-8,11-12,14-15,18H,3-4,9-10,13H2,1-2H3,(H,23,27). The van der Waals surface area contributed by atoms with Gasteiger partial charge in [-0.1, -0.05) is 25.2 Å². The minimum Gasteiger partial charge on any atom is -0.341 e. The summed E-state index contributed by atoms with van der Waals surface area (Å²) in [7, 11) is 0.